The first-order valence-electron chi connectivity index (χ1n) is 9.73. The van der Waals surface area contributed by atoms with Crippen molar-refractivity contribution in [2.45, 2.75) is 32.1 Å². The summed E-state index contributed by atoms with van der Waals surface area (Å²) < 4.78 is 0. The second-order valence-electron chi connectivity index (χ2n) is 8.17. The van der Waals surface area contributed by atoms with E-state index in [1.54, 1.807) is 6.07 Å². The molecule has 0 aliphatic carbocycles. The summed E-state index contributed by atoms with van der Waals surface area (Å²) in [5.74, 6) is 0.329. The smallest absolute Gasteiger partial charge is 0.222 e. The molecule has 0 unspecified atom stereocenters. The van der Waals surface area contributed by atoms with Gasteiger partial charge in [0.1, 0.15) is 5.75 Å². The van der Waals surface area contributed by atoms with Crippen LogP contribution in [-0.4, -0.2) is 35.5 Å². The molecule has 0 radical (unpaired) electrons. The third-order valence-corrected chi connectivity index (χ3v) is 6.28. The summed E-state index contributed by atoms with van der Waals surface area (Å²) in [6.45, 7) is 7.08. The minimum absolute atomic E-state index is 0.0247. The highest BCUT2D eigenvalue weighted by Gasteiger charge is 2.38. The number of piperidine rings is 1. The molecule has 3 rings (SSSR count). The van der Waals surface area contributed by atoms with E-state index in [0.29, 0.717) is 24.6 Å². The molecular weight excluding hydrogens is 336 g/mol. The third kappa shape index (κ3) is 4.51. The van der Waals surface area contributed by atoms with Crippen molar-refractivity contribution in [2.75, 3.05) is 19.6 Å². The average molecular weight is 367 g/mol. The molecule has 0 spiro atoms. The van der Waals surface area contributed by atoms with E-state index in [9.17, 15) is 9.90 Å². The van der Waals surface area contributed by atoms with Gasteiger partial charge in [-0.05, 0) is 54.0 Å². The Balaban J connectivity index is 1.67. The zero-order valence-corrected chi connectivity index (χ0v) is 16.3. The van der Waals surface area contributed by atoms with Gasteiger partial charge in [-0.15, -0.1) is 0 Å². The minimum Gasteiger partial charge on any atom is -0.508 e. The molecule has 3 N–H and O–H groups in total. The zero-order valence-electron chi connectivity index (χ0n) is 16.3. The molecular formula is C23H30N2O2. The summed E-state index contributed by atoms with van der Waals surface area (Å²) in [6.07, 6.45) is 1.68. The second-order valence-corrected chi connectivity index (χ2v) is 8.17. The van der Waals surface area contributed by atoms with E-state index >= 15 is 0 Å². The fourth-order valence-corrected chi connectivity index (χ4v) is 4.24. The maximum absolute atomic E-state index is 12.0. The van der Waals surface area contributed by atoms with Gasteiger partial charge in [-0.3, -0.25) is 4.79 Å². The lowest BCUT2D eigenvalue weighted by atomic mass is 9.68. The van der Waals surface area contributed by atoms with Gasteiger partial charge >= 0.3 is 0 Å². The number of likely N-dealkylation sites (tertiary alicyclic amines) is 1. The van der Waals surface area contributed by atoms with Gasteiger partial charge in [0, 0.05) is 13.1 Å². The van der Waals surface area contributed by atoms with Crippen molar-refractivity contribution in [1.82, 2.24) is 4.90 Å². The van der Waals surface area contributed by atoms with Crippen LogP contribution in [0.25, 0.3) is 0 Å². The molecule has 2 aromatic carbocycles. The summed E-state index contributed by atoms with van der Waals surface area (Å²) in [5.41, 5.74) is 8.06. The lowest BCUT2D eigenvalue weighted by Crippen LogP contribution is -2.49. The van der Waals surface area contributed by atoms with E-state index in [-0.39, 0.29) is 17.2 Å². The summed E-state index contributed by atoms with van der Waals surface area (Å²) in [7, 11) is 0. The summed E-state index contributed by atoms with van der Waals surface area (Å²) >= 11 is 0. The number of hydrogen-bond donors (Lipinski definition) is 2. The Morgan fingerprint density at radius 1 is 1.26 bits per heavy atom. The highest BCUT2D eigenvalue weighted by atomic mass is 16.3. The van der Waals surface area contributed by atoms with Crippen LogP contribution in [0.1, 0.15) is 31.4 Å². The highest BCUT2D eigenvalue weighted by Crippen LogP contribution is 2.40. The normalized spacial score (nSPS) is 24.4. The van der Waals surface area contributed by atoms with Crippen LogP contribution in [0.2, 0.25) is 0 Å². The van der Waals surface area contributed by atoms with Gasteiger partial charge in [0.15, 0.2) is 0 Å². The zero-order chi connectivity index (χ0) is 19.4. The van der Waals surface area contributed by atoms with Crippen molar-refractivity contribution in [1.29, 1.82) is 0 Å². The van der Waals surface area contributed by atoms with Crippen molar-refractivity contribution in [3.05, 3.63) is 65.7 Å². The Hall–Kier alpha value is -2.33. The molecule has 1 aliphatic heterocycles. The van der Waals surface area contributed by atoms with Crippen LogP contribution in [0.5, 0.6) is 5.75 Å². The van der Waals surface area contributed by atoms with Crippen LogP contribution < -0.4 is 5.73 Å². The molecule has 4 heteroatoms. The summed E-state index contributed by atoms with van der Waals surface area (Å²) in [4.78, 5) is 14.4. The molecule has 4 nitrogen and oxygen atoms in total. The van der Waals surface area contributed by atoms with E-state index < -0.39 is 0 Å². The molecule has 0 aromatic heterocycles. The van der Waals surface area contributed by atoms with Crippen LogP contribution in [0, 0.1) is 11.8 Å². The van der Waals surface area contributed by atoms with Crippen LogP contribution in [0.3, 0.4) is 0 Å². The monoisotopic (exact) mass is 366 g/mol. The number of amides is 1. The van der Waals surface area contributed by atoms with Gasteiger partial charge in [0.05, 0.1) is 5.92 Å². The van der Waals surface area contributed by atoms with Crippen molar-refractivity contribution in [3.63, 3.8) is 0 Å². The van der Waals surface area contributed by atoms with E-state index in [2.05, 4.69) is 24.8 Å². The Bertz CT molecular complexity index is 777. The number of rotatable bonds is 6. The number of aromatic hydroxyl groups is 1. The number of carbonyl (C=O) groups is 1. The van der Waals surface area contributed by atoms with Crippen LogP contribution in [0.15, 0.2) is 54.6 Å². The highest BCUT2D eigenvalue weighted by molar-refractivity contribution is 5.77. The Morgan fingerprint density at radius 3 is 2.63 bits per heavy atom. The molecule has 0 saturated carbocycles. The third-order valence-electron chi connectivity index (χ3n) is 6.28. The Morgan fingerprint density at radius 2 is 2.00 bits per heavy atom. The van der Waals surface area contributed by atoms with Crippen molar-refractivity contribution < 1.29 is 9.90 Å². The maximum atomic E-state index is 12.0. The number of carbonyl (C=O) groups excluding carboxylic acids is 1. The van der Waals surface area contributed by atoms with Gasteiger partial charge in [0.25, 0.3) is 0 Å². The number of nitrogens with two attached hydrogens (primary N) is 1. The van der Waals surface area contributed by atoms with E-state index in [1.807, 2.05) is 42.5 Å². The van der Waals surface area contributed by atoms with Crippen LogP contribution in [0.4, 0.5) is 0 Å². The number of nitrogens with zero attached hydrogens (tertiary/aromatic N) is 1. The lowest BCUT2D eigenvalue weighted by molar-refractivity contribution is -0.122. The first kappa shape index (κ1) is 19.4. The molecule has 2 aromatic rings. The molecule has 27 heavy (non-hydrogen) atoms. The molecule has 1 saturated heterocycles. The fraction of sp³-hybridized carbons (Fsp3) is 0.435. The van der Waals surface area contributed by atoms with Gasteiger partial charge in [0.2, 0.25) is 5.91 Å². The molecule has 3 atom stereocenters. The first-order valence-corrected chi connectivity index (χ1v) is 9.73. The first-order chi connectivity index (χ1) is 12.9. The van der Waals surface area contributed by atoms with Crippen molar-refractivity contribution in [3.8, 4) is 5.75 Å². The SMILES string of the molecule is C[C@H]1CN(C[C@H](Cc2ccccc2)C(N)=O)CC[C@@]1(C)c1cccc(O)c1. The number of phenols is 1. The van der Waals surface area contributed by atoms with E-state index in [4.69, 9.17) is 5.73 Å². The van der Waals surface area contributed by atoms with Gasteiger partial charge in [-0.1, -0.05) is 56.3 Å². The van der Waals surface area contributed by atoms with Gasteiger partial charge in [-0.2, -0.15) is 0 Å². The largest absolute Gasteiger partial charge is 0.508 e. The topological polar surface area (TPSA) is 66.6 Å². The van der Waals surface area contributed by atoms with Crippen LogP contribution >= 0.6 is 0 Å². The average Bonchev–Trinajstić information content (AvgIpc) is 2.65. The summed E-state index contributed by atoms with van der Waals surface area (Å²) in [6, 6.07) is 17.7. The van der Waals surface area contributed by atoms with Gasteiger partial charge in [-0.25, -0.2) is 0 Å². The number of phenolic OH excluding ortho intramolecular Hbond substituents is 1. The molecule has 1 aliphatic rings. The van der Waals surface area contributed by atoms with Crippen molar-refractivity contribution >= 4 is 5.91 Å². The lowest BCUT2D eigenvalue weighted by Gasteiger charge is -2.45. The molecule has 1 heterocycles. The quantitative estimate of drug-likeness (QED) is 0.824. The molecule has 144 valence electrons. The fourth-order valence-electron chi connectivity index (χ4n) is 4.24. The van der Waals surface area contributed by atoms with Crippen molar-refractivity contribution in [2.24, 2.45) is 17.6 Å². The Labute approximate surface area is 162 Å². The number of benzene rings is 2. The van der Waals surface area contributed by atoms with E-state index in [0.717, 1.165) is 25.1 Å². The molecule has 1 fully saturated rings. The standard InChI is InChI=1S/C23H30N2O2/c1-17-15-25(12-11-23(17,2)20-9-6-10-21(26)14-20)16-19(22(24)27)13-18-7-4-3-5-8-18/h3-10,14,17,19,26H,11-13,15-16H2,1-2H3,(H2,24,27)/t17-,19-,23+/m0/s1. The van der Waals surface area contributed by atoms with Gasteiger partial charge < -0.3 is 15.7 Å². The number of primary amides is 1. The van der Waals surface area contributed by atoms with E-state index in [1.165, 1.54) is 5.56 Å². The molecule has 0 bridgehead atoms. The summed E-state index contributed by atoms with van der Waals surface area (Å²) in [5, 5.41) is 9.85. The predicted octanol–water partition coefficient (Wildman–Crippen LogP) is 3.34. The Kier molecular flexibility index (Phi) is 5.85. The maximum Gasteiger partial charge on any atom is 0.222 e. The minimum atomic E-state index is -0.229. The van der Waals surface area contributed by atoms with Crippen LogP contribution in [-0.2, 0) is 16.6 Å². The predicted molar refractivity (Wildman–Crippen MR) is 109 cm³/mol. The second kappa shape index (κ2) is 8.13. The number of hydrogen-bond acceptors (Lipinski definition) is 3. The molecule has 1 amide bonds.